The molecule has 10 heteroatoms. The minimum atomic E-state index is -2.65. The smallest absolute Gasteiger partial charge is 0.333 e. The van der Waals surface area contributed by atoms with E-state index in [1.807, 2.05) is 7.05 Å². The molecule has 3 heterocycles. The quantitative estimate of drug-likeness (QED) is 0.895. The Morgan fingerprint density at radius 2 is 2.12 bits per heavy atom. The van der Waals surface area contributed by atoms with Gasteiger partial charge < -0.3 is 9.84 Å². The van der Waals surface area contributed by atoms with Gasteiger partial charge in [-0.3, -0.25) is 4.90 Å². The predicted molar refractivity (Wildman–Crippen MR) is 85.5 cm³/mol. The van der Waals surface area contributed by atoms with Crippen LogP contribution in [-0.2, 0) is 6.42 Å². The molecule has 2 aromatic heterocycles. The highest BCUT2D eigenvalue weighted by Gasteiger charge is 2.26. The zero-order chi connectivity index (χ0) is 16.6. The SMILES string of the molecule is Cc1nn(C(F)F)c(C)c1Cc1nc(C2CNCCN2C)no1.Cl. The van der Waals surface area contributed by atoms with Crippen LogP contribution in [0.3, 0.4) is 0 Å². The van der Waals surface area contributed by atoms with E-state index < -0.39 is 6.55 Å². The second-order valence-electron chi connectivity index (χ2n) is 5.80. The molecule has 3 rings (SSSR count). The Hall–Kier alpha value is -1.58. The lowest BCUT2D eigenvalue weighted by Crippen LogP contribution is -2.44. The van der Waals surface area contributed by atoms with Crippen molar-refractivity contribution in [2.45, 2.75) is 32.9 Å². The summed E-state index contributed by atoms with van der Waals surface area (Å²) in [6.07, 6.45) is 0.307. The zero-order valence-electron chi connectivity index (χ0n) is 13.8. The highest BCUT2D eigenvalue weighted by molar-refractivity contribution is 5.85. The van der Waals surface area contributed by atoms with E-state index in [1.165, 1.54) is 0 Å². The lowest BCUT2D eigenvalue weighted by atomic mass is 10.1. The number of alkyl halides is 2. The van der Waals surface area contributed by atoms with E-state index in [0.717, 1.165) is 24.3 Å². The van der Waals surface area contributed by atoms with E-state index in [4.69, 9.17) is 4.52 Å². The minimum absolute atomic E-state index is 0. The molecular weight excluding hydrogens is 342 g/mol. The molecule has 134 valence electrons. The molecule has 24 heavy (non-hydrogen) atoms. The number of aromatic nitrogens is 4. The summed E-state index contributed by atoms with van der Waals surface area (Å²) in [7, 11) is 2.02. The summed E-state index contributed by atoms with van der Waals surface area (Å²) in [5.41, 5.74) is 1.68. The van der Waals surface area contributed by atoms with Crippen LogP contribution in [0.5, 0.6) is 0 Å². The molecule has 0 saturated carbocycles. The van der Waals surface area contributed by atoms with Gasteiger partial charge in [-0.15, -0.1) is 12.4 Å². The third-order valence-corrected chi connectivity index (χ3v) is 4.28. The number of hydrogen-bond donors (Lipinski definition) is 1. The van der Waals surface area contributed by atoms with Crippen LogP contribution in [-0.4, -0.2) is 51.5 Å². The molecule has 1 saturated heterocycles. The number of likely N-dealkylation sites (N-methyl/N-ethyl adjacent to an activating group) is 1. The van der Waals surface area contributed by atoms with Crippen LogP contribution in [0.4, 0.5) is 8.78 Å². The minimum Gasteiger partial charge on any atom is -0.339 e. The van der Waals surface area contributed by atoms with Gasteiger partial charge in [0.2, 0.25) is 5.89 Å². The molecular formula is C14H21ClF2N6O. The second-order valence-corrected chi connectivity index (χ2v) is 5.80. The fourth-order valence-corrected chi connectivity index (χ4v) is 2.86. The van der Waals surface area contributed by atoms with Crippen LogP contribution < -0.4 is 5.32 Å². The third kappa shape index (κ3) is 3.57. The Bertz CT molecular complexity index is 689. The largest absolute Gasteiger partial charge is 0.339 e. The Morgan fingerprint density at radius 1 is 1.38 bits per heavy atom. The first-order valence-electron chi connectivity index (χ1n) is 7.53. The second kappa shape index (κ2) is 7.54. The van der Waals surface area contributed by atoms with Crippen molar-refractivity contribution in [2.75, 3.05) is 26.7 Å². The number of aryl methyl sites for hydroxylation is 1. The fraction of sp³-hybridized carbons (Fsp3) is 0.643. The molecule has 0 amide bonds. The predicted octanol–water partition coefficient (Wildman–Crippen LogP) is 1.87. The van der Waals surface area contributed by atoms with Gasteiger partial charge in [0.1, 0.15) is 0 Å². The average Bonchev–Trinajstić information content (AvgIpc) is 3.08. The molecule has 7 nitrogen and oxygen atoms in total. The molecule has 0 radical (unpaired) electrons. The zero-order valence-corrected chi connectivity index (χ0v) is 14.6. The number of hydrogen-bond acceptors (Lipinski definition) is 6. The molecule has 0 aromatic carbocycles. The van der Waals surface area contributed by atoms with Crippen LogP contribution in [0.2, 0.25) is 0 Å². The first-order valence-corrected chi connectivity index (χ1v) is 7.53. The van der Waals surface area contributed by atoms with Crippen molar-refractivity contribution in [1.29, 1.82) is 0 Å². The van der Waals surface area contributed by atoms with Crippen LogP contribution in [0.1, 0.15) is 41.3 Å². The number of piperazine rings is 1. The summed E-state index contributed by atoms with van der Waals surface area (Å²) in [4.78, 5) is 6.60. The first-order chi connectivity index (χ1) is 11.0. The van der Waals surface area contributed by atoms with Gasteiger partial charge in [-0.25, -0.2) is 4.68 Å². The molecule has 1 aliphatic heterocycles. The van der Waals surface area contributed by atoms with E-state index in [9.17, 15) is 8.78 Å². The Balaban J connectivity index is 0.00000208. The van der Waals surface area contributed by atoms with Gasteiger partial charge in [0.15, 0.2) is 5.82 Å². The van der Waals surface area contributed by atoms with E-state index >= 15 is 0 Å². The van der Waals surface area contributed by atoms with Gasteiger partial charge in [0.05, 0.1) is 18.2 Å². The van der Waals surface area contributed by atoms with E-state index in [0.29, 0.717) is 35.1 Å². The van der Waals surface area contributed by atoms with Gasteiger partial charge in [-0.1, -0.05) is 5.16 Å². The van der Waals surface area contributed by atoms with E-state index in [-0.39, 0.29) is 18.4 Å². The third-order valence-electron chi connectivity index (χ3n) is 4.28. The van der Waals surface area contributed by atoms with Crippen molar-refractivity contribution < 1.29 is 13.3 Å². The van der Waals surface area contributed by atoms with Crippen LogP contribution in [0, 0.1) is 13.8 Å². The maximum Gasteiger partial charge on any atom is 0.333 e. The summed E-state index contributed by atoms with van der Waals surface area (Å²) in [6.45, 7) is 3.28. The summed E-state index contributed by atoms with van der Waals surface area (Å²) >= 11 is 0. The average molecular weight is 363 g/mol. The van der Waals surface area contributed by atoms with Crippen molar-refractivity contribution in [2.24, 2.45) is 0 Å². The number of halogens is 3. The van der Waals surface area contributed by atoms with E-state index in [2.05, 4.69) is 25.5 Å². The number of nitrogens with one attached hydrogen (secondary N) is 1. The first kappa shape index (κ1) is 18.8. The summed E-state index contributed by atoms with van der Waals surface area (Å²) < 4.78 is 31.8. The molecule has 0 bridgehead atoms. The van der Waals surface area contributed by atoms with Gasteiger partial charge in [-0.05, 0) is 20.9 Å². The summed E-state index contributed by atoms with van der Waals surface area (Å²) in [5.74, 6) is 1.03. The maximum atomic E-state index is 12.9. The molecule has 0 aliphatic carbocycles. The maximum absolute atomic E-state index is 12.9. The monoisotopic (exact) mass is 362 g/mol. The van der Waals surface area contributed by atoms with Gasteiger partial charge in [0, 0.05) is 30.9 Å². The Labute approximate surface area is 144 Å². The molecule has 1 atom stereocenters. The van der Waals surface area contributed by atoms with Crippen molar-refractivity contribution in [3.8, 4) is 0 Å². The highest BCUT2D eigenvalue weighted by Crippen LogP contribution is 2.23. The topological polar surface area (TPSA) is 72.0 Å². The Morgan fingerprint density at radius 3 is 2.75 bits per heavy atom. The molecule has 1 unspecified atom stereocenters. The molecule has 1 aliphatic rings. The number of rotatable bonds is 4. The highest BCUT2D eigenvalue weighted by atomic mass is 35.5. The lowest BCUT2D eigenvalue weighted by molar-refractivity contribution is 0.0540. The van der Waals surface area contributed by atoms with Crippen molar-refractivity contribution in [3.05, 3.63) is 28.7 Å². The van der Waals surface area contributed by atoms with Crippen molar-refractivity contribution in [1.82, 2.24) is 30.1 Å². The lowest BCUT2D eigenvalue weighted by Gasteiger charge is -2.30. The van der Waals surface area contributed by atoms with E-state index in [1.54, 1.807) is 13.8 Å². The van der Waals surface area contributed by atoms with Gasteiger partial charge in [-0.2, -0.15) is 18.9 Å². The fourth-order valence-electron chi connectivity index (χ4n) is 2.86. The molecule has 1 N–H and O–H groups in total. The normalized spacial score (nSPS) is 18.8. The van der Waals surface area contributed by atoms with Crippen LogP contribution in [0.25, 0.3) is 0 Å². The van der Waals surface area contributed by atoms with Crippen LogP contribution >= 0.6 is 12.4 Å². The summed E-state index contributed by atoms with van der Waals surface area (Å²) in [6, 6.07) is 0.0623. The molecule has 1 fully saturated rings. The number of nitrogens with zero attached hydrogens (tertiary/aromatic N) is 5. The molecule has 2 aromatic rings. The van der Waals surface area contributed by atoms with Crippen molar-refractivity contribution in [3.63, 3.8) is 0 Å². The van der Waals surface area contributed by atoms with Crippen LogP contribution in [0.15, 0.2) is 4.52 Å². The summed E-state index contributed by atoms with van der Waals surface area (Å²) in [5, 5.41) is 11.2. The van der Waals surface area contributed by atoms with Gasteiger partial charge >= 0.3 is 6.55 Å². The van der Waals surface area contributed by atoms with Gasteiger partial charge in [0.25, 0.3) is 0 Å². The molecule has 0 spiro atoms. The van der Waals surface area contributed by atoms with Crippen molar-refractivity contribution >= 4 is 12.4 Å². The Kier molecular flexibility index (Phi) is 5.89. The standard InChI is InChI=1S/C14H20F2N6O.ClH/c1-8-10(9(2)22(19-8)14(15)16)6-12-18-13(20-23-12)11-7-17-4-5-21(11)3;/h11,14,17H,4-7H2,1-3H3;1H.